The highest BCUT2D eigenvalue weighted by Crippen LogP contribution is 2.22. The van der Waals surface area contributed by atoms with Gasteiger partial charge >= 0.3 is 0 Å². The lowest BCUT2D eigenvalue weighted by atomic mass is 10.1. The Morgan fingerprint density at radius 3 is 2.39 bits per heavy atom. The third-order valence-corrected chi connectivity index (χ3v) is 4.75. The number of rotatable bonds is 6. The Morgan fingerprint density at radius 2 is 1.64 bits per heavy atom. The molecule has 0 aliphatic heterocycles. The van der Waals surface area contributed by atoms with E-state index in [4.69, 9.17) is 0 Å². The molecule has 3 aromatic carbocycles. The molecule has 3 aromatic rings. The molecule has 0 saturated heterocycles. The predicted octanol–water partition coefficient (Wildman–Crippen LogP) is 2.46. The van der Waals surface area contributed by atoms with Gasteiger partial charge in [0.25, 0.3) is 11.8 Å². The van der Waals surface area contributed by atoms with Gasteiger partial charge in [0, 0.05) is 16.8 Å². The Balaban J connectivity index is 1.59. The van der Waals surface area contributed by atoms with Crippen LogP contribution in [0.2, 0.25) is 0 Å². The van der Waals surface area contributed by atoms with Crippen LogP contribution in [0.15, 0.2) is 66.7 Å². The minimum Gasteiger partial charge on any atom is -0.321 e. The van der Waals surface area contributed by atoms with Crippen LogP contribution in [-0.4, -0.2) is 31.4 Å². The Morgan fingerprint density at radius 1 is 0.964 bits per heavy atom. The van der Waals surface area contributed by atoms with Crippen molar-refractivity contribution in [2.24, 2.45) is 0 Å². The van der Waals surface area contributed by atoms with E-state index in [-0.39, 0.29) is 24.2 Å². The fraction of sp³-hybridized carbons (Fsp3) is 0.182. The van der Waals surface area contributed by atoms with Crippen molar-refractivity contribution in [3.63, 3.8) is 0 Å². The summed E-state index contributed by atoms with van der Waals surface area (Å²) < 4.78 is 13.0. The number of carbonyl (C=O) groups is 2. The van der Waals surface area contributed by atoms with Gasteiger partial charge in [-0.3, -0.25) is 9.59 Å². The number of benzene rings is 3. The molecular weight excluding hydrogens is 357 g/mol. The van der Waals surface area contributed by atoms with Crippen molar-refractivity contribution in [2.75, 3.05) is 24.2 Å². The molecule has 2 atom stereocenters. The normalized spacial score (nSPS) is 13.0. The van der Waals surface area contributed by atoms with Crippen LogP contribution < -0.4 is 15.5 Å². The maximum atomic E-state index is 13.0. The molecule has 0 saturated carbocycles. The van der Waals surface area contributed by atoms with Gasteiger partial charge < -0.3 is 15.5 Å². The molecule has 0 bridgehead atoms. The Kier molecular flexibility index (Phi) is 6.01. The summed E-state index contributed by atoms with van der Waals surface area (Å²) in [6.45, 7) is 1.89. The van der Waals surface area contributed by atoms with E-state index in [0.29, 0.717) is 5.69 Å². The van der Waals surface area contributed by atoms with E-state index in [9.17, 15) is 14.0 Å². The van der Waals surface area contributed by atoms with E-state index in [1.807, 2.05) is 42.5 Å². The molecule has 0 fully saturated rings. The number of quaternary nitrogens is 1. The molecule has 5 nitrogen and oxygen atoms in total. The second kappa shape index (κ2) is 8.63. The van der Waals surface area contributed by atoms with Crippen LogP contribution in [0.1, 0.15) is 6.92 Å². The highest BCUT2D eigenvalue weighted by atomic mass is 19.1. The zero-order chi connectivity index (χ0) is 20.1. The highest BCUT2D eigenvalue weighted by molar-refractivity contribution is 6.02. The third kappa shape index (κ3) is 4.72. The van der Waals surface area contributed by atoms with Crippen molar-refractivity contribution < 1.29 is 18.9 Å². The SMILES string of the molecule is C[C@@H](C(=O)Nc1ccc(F)cc1)[NH+](C)CC(=O)Nc1cccc2ccccc12. The predicted molar refractivity (Wildman–Crippen MR) is 109 cm³/mol. The van der Waals surface area contributed by atoms with Crippen LogP contribution >= 0.6 is 0 Å². The van der Waals surface area contributed by atoms with Crippen molar-refractivity contribution in [1.82, 2.24) is 0 Å². The van der Waals surface area contributed by atoms with E-state index in [1.54, 1.807) is 14.0 Å². The van der Waals surface area contributed by atoms with Crippen molar-refractivity contribution in [3.05, 3.63) is 72.5 Å². The largest absolute Gasteiger partial charge is 0.321 e. The van der Waals surface area contributed by atoms with Crippen LogP contribution in [0.5, 0.6) is 0 Å². The van der Waals surface area contributed by atoms with Crippen LogP contribution in [0.25, 0.3) is 10.8 Å². The summed E-state index contributed by atoms with van der Waals surface area (Å²) in [7, 11) is 1.79. The first-order chi connectivity index (χ1) is 13.4. The first-order valence-corrected chi connectivity index (χ1v) is 9.10. The van der Waals surface area contributed by atoms with Gasteiger partial charge in [0.05, 0.1) is 7.05 Å². The fourth-order valence-electron chi connectivity index (χ4n) is 2.94. The Labute approximate surface area is 163 Å². The van der Waals surface area contributed by atoms with E-state index < -0.39 is 6.04 Å². The van der Waals surface area contributed by atoms with Crippen molar-refractivity contribution >= 4 is 34.0 Å². The summed E-state index contributed by atoms with van der Waals surface area (Å²) in [6, 6.07) is 18.7. The number of nitrogens with one attached hydrogen (secondary N) is 3. The maximum Gasteiger partial charge on any atom is 0.282 e. The lowest BCUT2D eigenvalue weighted by molar-refractivity contribution is -0.885. The van der Waals surface area contributed by atoms with Crippen LogP contribution in [-0.2, 0) is 9.59 Å². The van der Waals surface area contributed by atoms with Gasteiger partial charge in [-0.15, -0.1) is 0 Å². The maximum absolute atomic E-state index is 13.0. The molecule has 0 aromatic heterocycles. The second-order valence-corrected chi connectivity index (χ2v) is 6.82. The van der Waals surface area contributed by atoms with Gasteiger partial charge in [-0.25, -0.2) is 4.39 Å². The minimum atomic E-state index is -0.455. The van der Waals surface area contributed by atoms with Crippen molar-refractivity contribution in [1.29, 1.82) is 0 Å². The molecule has 1 unspecified atom stereocenters. The van der Waals surface area contributed by atoms with E-state index >= 15 is 0 Å². The van der Waals surface area contributed by atoms with Crippen LogP contribution in [0.4, 0.5) is 15.8 Å². The third-order valence-electron chi connectivity index (χ3n) is 4.75. The lowest BCUT2D eigenvalue weighted by Crippen LogP contribution is -3.14. The summed E-state index contributed by atoms with van der Waals surface area (Å²) in [5, 5.41) is 7.69. The van der Waals surface area contributed by atoms with E-state index in [0.717, 1.165) is 21.4 Å². The van der Waals surface area contributed by atoms with Gasteiger partial charge in [-0.05, 0) is 42.6 Å². The smallest absolute Gasteiger partial charge is 0.282 e. The molecule has 2 amide bonds. The monoisotopic (exact) mass is 380 g/mol. The van der Waals surface area contributed by atoms with Crippen molar-refractivity contribution in [3.8, 4) is 0 Å². The summed E-state index contributed by atoms with van der Waals surface area (Å²) in [6.07, 6.45) is 0. The molecule has 0 spiro atoms. The summed E-state index contributed by atoms with van der Waals surface area (Å²) in [4.78, 5) is 25.6. The van der Waals surface area contributed by atoms with Gasteiger partial charge in [0.15, 0.2) is 12.6 Å². The van der Waals surface area contributed by atoms with Gasteiger partial charge in [0.2, 0.25) is 0 Å². The molecular formula is C22H23FN3O2+. The second-order valence-electron chi connectivity index (χ2n) is 6.82. The molecule has 3 N–H and O–H groups in total. The summed E-state index contributed by atoms with van der Waals surface area (Å²) in [5.41, 5.74) is 1.27. The highest BCUT2D eigenvalue weighted by Gasteiger charge is 2.24. The molecule has 0 heterocycles. The molecule has 144 valence electrons. The average Bonchev–Trinajstić information content (AvgIpc) is 2.69. The molecule has 6 heteroatoms. The number of fused-ring (bicyclic) bond motifs is 1. The zero-order valence-electron chi connectivity index (χ0n) is 15.8. The topological polar surface area (TPSA) is 62.6 Å². The van der Waals surface area contributed by atoms with E-state index in [2.05, 4.69) is 10.6 Å². The van der Waals surface area contributed by atoms with E-state index in [1.165, 1.54) is 24.3 Å². The van der Waals surface area contributed by atoms with Gasteiger partial charge in [-0.2, -0.15) is 0 Å². The standard InChI is InChI=1S/C22H22FN3O2/c1-15(22(28)24-18-12-10-17(23)11-13-18)26(2)14-21(27)25-20-9-5-7-16-6-3-4-8-19(16)20/h3-13,15H,14H2,1-2H3,(H,24,28)(H,25,27)/p+1/t15-/m0/s1. The first kappa shape index (κ1) is 19.5. The summed E-state index contributed by atoms with van der Waals surface area (Å²) in [5.74, 6) is -0.767. The number of anilines is 2. The van der Waals surface area contributed by atoms with Gasteiger partial charge in [-0.1, -0.05) is 36.4 Å². The van der Waals surface area contributed by atoms with Crippen molar-refractivity contribution in [2.45, 2.75) is 13.0 Å². The molecule has 0 radical (unpaired) electrons. The lowest BCUT2D eigenvalue weighted by Gasteiger charge is -2.21. The number of hydrogen-bond donors (Lipinski definition) is 3. The van der Waals surface area contributed by atoms with Crippen LogP contribution in [0, 0.1) is 5.82 Å². The minimum absolute atomic E-state index is 0.140. The number of carbonyl (C=O) groups excluding carboxylic acids is 2. The molecule has 0 aliphatic rings. The quantitative estimate of drug-likeness (QED) is 0.615. The number of likely N-dealkylation sites (N-methyl/N-ethyl adjacent to an activating group) is 1. The molecule has 3 rings (SSSR count). The first-order valence-electron chi connectivity index (χ1n) is 9.10. The van der Waals surface area contributed by atoms with Crippen LogP contribution in [0.3, 0.4) is 0 Å². The Bertz CT molecular complexity index is 983. The molecule has 0 aliphatic carbocycles. The molecule has 28 heavy (non-hydrogen) atoms. The number of amides is 2. The number of hydrogen-bond acceptors (Lipinski definition) is 2. The Hall–Kier alpha value is -3.25. The summed E-state index contributed by atoms with van der Waals surface area (Å²) >= 11 is 0. The average molecular weight is 380 g/mol. The number of halogens is 1. The fourth-order valence-corrected chi connectivity index (χ4v) is 2.94. The zero-order valence-corrected chi connectivity index (χ0v) is 15.8. The van der Waals surface area contributed by atoms with Gasteiger partial charge in [0.1, 0.15) is 5.82 Å².